The van der Waals surface area contributed by atoms with E-state index in [0.717, 1.165) is 19.2 Å². The molecule has 3 aromatic rings. The molecule has 18 heteroatoms. The number of hydrogen-bond donors (Lipinski definition) is 1. The number of halogens is 9. The molecule has 41 heavy (non-hydrogen) atoms. The van der Waals surface area contributed by atoms with E-state index < -0.39 is 61.7 Å². The van der Waals surface area contributed by atoms with E-state index in [0.29, 0.717) is 0 Å². The number of carbonyl (C=O) groups is 1. The fourth-order valence-corrected chi connectivity index (χ4v) is 3.95. The topological polar surface area (TPSA) is 93.9 Å². The minimum Gasteiger partial charge on any atom is -0.494 e. The lowest BCUT2D eigenvalue weighted by Gasteiger charge is -2.34. The zero-order chi connectivity index (χ0) is 30.8. The van der Waals surface area contributed by atoms with E-state index in [1.807, 2.05) is 0 Å². The lowest BCUT2D eigenvalue weighted by atomic mass is 10.1. The number of pyridine rings is 1. The predicted molar refractivity (Wildman–Crippen MR) is 124 cm³/mol. The highest BCUT2D eigenvalue weighted by Gasteiger charge is 2.49. The maximum atomic E-state index is 14.4. The van der Waals surface area contributed by atoms with Crippen molar-refractivity contribution >= 4 is 11.7 Å². The first-order valence-corrected chi connectivity index (χ1v) is 11.7. The molecular formula is C23H23F9N6O3. The molecule has 9 nitrogen and oxygen atoms in total. The Bertz CT molecular complexity index is 1360. The van der Waals surface area contributed by atoms with Crippen molar-refractivity contribution in [1.82, 2.24) is 29.6 Å². The number of carbonyl (C=O) groups excluding carboxylic acids is 1. The van der Waals surface area contributed by atoms with Gasteiger partial charge in [0, 0.05) is 37.1 Å². The number of alkyl halides is 9. The van der Waals surface area contributed by atoms with Crippen LogP contribution in [0.4, 0.5) is 44.3 Å². The first-order chi connectivity index (χ1) is 19.0. The van der Waals surface area contributed by atoms with Crippen LogP contribution in [-0.2, 0) is 0 Å². The Morgan fingerprint density at radius 3 is 2.27 bits per heavy atom. The first kappa shape index (κ1) is 31.5. The van der Waals surface area contributed by atoms with E-state index >= 15 is 0 Å². The maximum absolute atomic E-state index is 14.4. The Balaban J connectivity index is 2.06. The lowest BCUT2D eigenvalue weighted by Crippen LogP contribution is -2.53. The van der Waals surface area contributed by atoms with Crippen LogP contribution >= 0.6 is 0 Å². The van der Waals surface area contributed by atoms with Gasteiger partial charge in [-0.05, 0) is 19.4 Å². The molecular weight excluding hydrogens is 579 g/mol. The molecule has 3 heterocycles. The summed E-state index contributed by atoms with van der Waals surface area (Å²) in [5.74, 6) is -0.0348. The molecule has 0 unspecified atom stereocenters. The van der Waals surface area contributed by atoms with Crippen LogP contribution in [0.5, 0.6) is 11.6 Å². The molecule has 0 aliphatic heterocycles. The van der Waals surface area contributed by atoms with Gasteiger partial charge in [-0.3, -0.25) is 4.98 Å². The minimum atomic E-state index is -5.36. The molecule has 2 amide bonds. The zero-order valence-corrected chi connectivity index (χ0v) is 21.5. The van der Waals surface area contributed by atoms with Crippen molar-refractivity contribution in [3.05, 3.63) is 36.5 Å². The molecule has 0 aliphatic carbocycles. The maximum Gasteiger partial charge on any atom is 0.414 e. The highest BCUT2D eigenvalue weighted by molar-refractivity contribution is 5.76. The van der Waals surface area contributed by atoms with Crippen LogP contribution < -0.4 is 14.8 Å². The van der Waals surface area contributed by atoms with Gasteiger partial charge < -0.3 is 24.1 Å². The molecule has 3 aromatic heterocycles. The molecule has 0 aromatic carbocycles. The van der Waals surface area contributed by atoms with Gasteiger partial charge in [0.2, 0.25) is 0 Å². The highest BCUT2D eigenvalue weighted by atomic mass is 19.4. The Morgan fingerprint density at radius 1 is 1.05 bits per heavy atom. The van der Waals surface area contributed by atoms with Gasteiger partial charge >= 0.3 is 24.6 Å². The van der Waals surface area contributed by atoms with Crippen LogP contribution in [0.25, 0.3) is 16.9 Å². The third-order valence-electron chi connectivity index (χ3n) is 5.83. The summed E-state index contributed by atoms with van der Waals surface area (Å²) in [6.07, 6.45) is -13.9. The molecule has 226 valence electrons. The third kappa shape index (κ3) is 7.40. The fraction of sp³-hybridized carbons (Fsp3) is 0.478. The summed E-state index contributed by atoms with van der Waals surface area (Å²) < 4.78 is 133. The van der Waals surface area contributed by atoms with Crippen LogP contribution in [0.3, 0.4) is 0 Å². The lowest BCUT2D eigenvalue weighted by molar-refractivity contribution is -0.182. The number of imidazole rings is 1. The largest absolute Gasteiger partial charge is 0.494 e. The van der Waals surface area contributed by atoms with Gasteiger partial charge in [-0.1, -0.05) is 0 Å². The summed E-state index contributed by atoms with van der Waals surface area (Å²) in [6, 6.07) is -6.95. The quantitative estimate of drug-likeness (QED) is 0.315. The second-order valence-corrected chi connectivity index (χ2v) is 8.53. The zero-order valence-electron chi connectivity index (χ0n) is 21.5. The van der Waals surface area contributed by atoms with E-state index in [2.05, 4.69) is 15.0 Å². The highest BCUT2D eigenvalue weighted by Crippen LogP contribution is 2.40. The van der Waals surface area contributed by atoms with Crippen LogP contribution in [0.2, 0.25) is 0 Å². The third-order valence-corrected chi connectivity index (χ3v) is 5.83. The Kier molecular flexibility index (Phi) is 9.12. The number of methoxy groups -OCH3 is 2. The smallest absolute Gasteiger partial charge is 0.414 e. The molecule has 3 rings (SSSR count). The van der Waals surface area contributed by atoms with E-state index in [1.54, 1.807) is 0 Å². The van der Waals surface area contributed by atoms with Gasteiger partial charge in [0.25, 0.3) is 5.88 Å². The number of urea groups is 1. The number of aromatic nitrogens is 4. The summed E-state index contributed by atoms with van der Waals surface area (Å²) in [4.78, 5) is 24.8. The van der Waals surface area contributed by atoms with Crippen molar-refractivity contribution in [2.45, 2.75) is 50.4 Å². The number of nitrogens with zero attached hydrogens (tertiary/aromatic N) is 5. The van der Waals surface area contributed by atoms with Crippen LogP contribution in [0.15, 0.2) is 30.9 Å². The number of hydrogen-bond acceptors (Lipinski definition) is 6. The van der Waals surface area contributed by atoms with Crippen LogP contribution in [-0.4, -0.2) is 75.6 Å². The normalized spacial score (nSPS) is 14.0. The Morgan fingerprint density at radius 2 is 1.73 bits per heavy atom. The second kappa shape index (κ2) is 11.9. The monoisotopic (exact) mass is 602 g/mol. The first-order valence-electron chi connectivity index (χ1n) is 11.7. The van der Waals surface area contributed by atoms with Gasteiger partial charge in [-0.15, -0.1) is 0 Å². The van der Waals surface area contributed by atoms with Crippen molar-refractivity contribution in [3.8, 4) is 22.9 Å². The molecule has 2 atom stereocenters. The number of fused-ring (bicyclic) bond motifs is 1. The van der Waals surface area contributed by atoms with Crippen molar-refractivity contribution in [2.75, 3.05) is 20.8 Å². The van der Waals surface area contributed by atoms with Crippen LogP contribution in [0.1, 0.15) is 31.5 Å². The summed E-state index contributed by atoms with van der Waals surface area (Å²) in [5.41, 5.74) is -0.548. The van der Waals surface area contributed by atoms with Gasteiger partial charge in [0.05, 0.1) is 31.8 Å². The molecule has 1 N–H and O–H groups in total. The standard InChI is InChI=1S/C23H23F9N6O3/c1-4-38(20(39)36-16(22(27,28)29)5-6-21(24,25)26)17(23(30,31)32)13-9-12(15(40-2)10-34-13)14-11-37-8-7-33-18(37)19(35-14)41-3/h7-11,16-17H,4-6H2,1-3H3,(H,36,39)/t16-,17-/m0/s1. The van der Waals surface area contributed by atoms with Crippen molar-refractivity contribution in [1.29, 1.82) is 0 Å². The minimum absolute atomic E-state index is 0.00199. The molecule has 0 fully saturated rings. The fourth-order valence-electron chi connectivity index (χ4n) is 3.95. The summed E-state index contributed by atoms with van der Waals surface area (Å²) in [5, 5.41) is 1.27. The van der Waals surface area contributed by atoms with Crippen molar-refractivity contribution < 1.29 is 53.8 Å². The average molecular weight is 602 g/mol. The molecule has 0 bridgehead atoms. The molecule has 0 saturated carbocycles. The predicted octanol–water partition coefficient (Wildman–Crippen LogP) is 5.72. The van der Waals surface area contributed by atoms with Crippen molar-refractivity contribution in [3.63, 3.8) is 0 Å². The Hall–Kier alpha value is -3.99. The van der Waals surface area contributed by atoms with Gasteiger partial charge in [-0.2, -0.15) is 39.5 Å². The second-order valence-electron chi connectivity index (χ2n) is 8.53. The molecule has 0 aliphatic rings. The van der Waals surface area contributed by atoms with Gasteiger partial charge in [0.15, 0.2) is 11.7 Å². The van der Waals surface area contributed by atoms with E-state index in [4.69, 9.17) is 9.47 Å². The van der Waals surface area contributed by atoms with Gasteiger partial charge in [-0.25, -0.2) is 14.8 Å². The number of rotatable bonds is 9. The van der Waals surface area contributed by atoms with E-state index in [1.165, 1.54) is 42.5 Å². The van der Waals surface area contributed by atoms with Crippen molar-refractivity contribution in [2.24, 2.45) is 0 Å². The molecule has 0 spiro atoms. The SMILES string of the molecule is CCN(C(=O)N[C@@H](CCC(F)(F)F)C(F)(F)F)[C@@H](c1cc(-c2cn3ccnc3c(OC)n2)c(OC)cn1)C(F)(F)F. The summed E-state index contributed by atoms with van der Waals surface area (Å²) >= 11 is 0. The number of amides is 2. The number of ether oxygens (including phenoxy) is 2. The van der Waals surface area contributed by atoms with E-state index in [9.17, 15) is 44.3 Å². The summed E-state index contributed by atoms with van der Waals surface area (Å²) in [6.45, 7) is 0.274. The average Bonchev–Trinajstić information content (AvgIpc) is 3.35. The van der Waals surface area contributed by atoms with Crippen LogP contribution in [0, 0.1) is 0 Å². The molecule has 0 saturated heterocycles. The van der Waals surface area contributed by atoms with Gasteiger partial charge in [0.1, 0.15) is 11.8 Å². The summed E-state index contributed by atoms with van der Waals surface area (Å²) in [7, 11) is 2.49. The molecule has 0 radical (unpaired) electrons. The number of nitrogens with one attached hydrogen (secondary N) is 1. The van der Waals surface area contributed by atoms with E-state index in [-0.39, 0.29) is 33.4 Å². The Labute approximate surface area is 226 Å².